The molecule has 0 aliphatic heterocycles. The number of thiophene rings is 1. The minimum atomic E-state index is -0.511. The SMILES string of the molecule is CCN(Cc1ccc(Br)s1)C(=O)c1cccc(Br)c1F. The highest BCUT2D eigenvalue weighted by Gasteiger charge is 2.20. The van der Waals surface area contributed by atoms with Crippen molar-refractivity contribution in [3.8, 4) is 0 Å². The second-order valence-corrected chi connectivity index (χ2v) is 7.53. The maximum absolute atomic E-state index is 14.0. The molecule has 0 N–H and O–H groups in total. The molecule has 1 amide bonds. The largest absolute Gasteiger partial charge is 0.334 e. The summed E-state index contributed by atoms with van der Waals surface area (Å²) in [5, 5.41) is 0. The number of nitrogens with zero attached hydrogens (tertiary/aromatic N) is 1. The molecule has 0 saturated carbocycles. The minimum absolute atomic E-state index is 0.0943. The number of carbonyl (C=O) groups excluding carboxylic acids is 1. The van der Waals surface area contributed by atoms with E-state index >= 15 is 0 Å². The van der Waals surface area contributed by atoms with E-state index < -0.39 is 5.82 Å². The molecular formula is C14H12Br2FNOS. The van der Waals surface area contributed by atoms with Crippen LogP contribution in [0.1, 0.15) is 22.2 Å². The smallest absolute Gasteiger partial charge is 0.257 e. The highest BCUT2D eigenvalue weighted by atomic mass is 79.9. The van der Waals surface area contributed by atoms with Gasteiger partial charge in [-0.2, -0.15) is 0 Å². The van der Waals surface area contributed by atoms with Gasteiger partial charge in [0.2, 0.25) is 0 Å². The quantitative estimate of drug-likeness (QED) is 0.675. The summed E-state index contributed by atoms with van der Waals surface area (Å²) >= 11 is 8.07. The number of hydrogen-bond donors (Lipinski definition) is 0. The fourth-order valence-corrected chi connectivity index (χ4v) is 3.66. The van der Waals surface area contributed by atoms with Crippen molar-refractivity contribution >= 4 is 49.1 Å². The molecule has 1 aromatic carbocycles. The summed E-state index contributed by atoms with van der Waals surface area (Å²) in [6, 6.07) is 8.66. The Morgan fingerprint density at radius 1 is 1.30 bits per heavy atom. The third-order valence-corrected chi connectivity index (χ3v) is 5.05. The van der Waals surface area contributed by atoms with Crippen LogP contribution in [0.4, 0.5) is 4.39 Å². The average molecular weight is 421 g/mol. The van der Waals surface area contributed by atoms with E-state index in [0.717, 1.165) is 8.66 Å². The molecule has 20 heavy (non-hydrogen) atoms. The molecule has 0 radical (unpaired) electrons. The van der Waals surface area contributed by atoms with Crippen LogP contribution in [-0.4, -0.2) is 17.4 Å². The van der Waals surface area contributed by atoms with Crippen molar-refractivity contribution in [3.05, 3.63) is 54.8 Å². The number of amides is 1. The van der Waals surface area contributed by atoms with Gasteiger partial charge in [0.25, 0.3) is 5.91 Å². The summed E-state index contributed by atoms with van der Waals surface area (Å²) in [6.07, 6.45) is 0. The van der Waals surface area contributed by atoms with E-state index in [9.17, 15) is 9.18 Å². The lowest BCUT2D eigenvalue weighted by Crippen LogP contribution is -2.30. The van der Waals surface area contributed by atoms with E-state index in [0.29, 0.717) is 17.6 Å². The van der Waals surface area contributed by atoms with Crippen LogP contribution in [0.25, 0.3) is 0 Å². The van der Waals surface area contributed by atoms with Gasteiger partial charge in [0.05, 0.1) is 20.4 Å². The van der Waals surface area contributed by atoms with E-state index in [1.54, 1.807) is 28.4 Å². The molecule has 0 spiro atoms. The van der Waals surface area contributed by atoms with Gasteiger partial charge in [-0.3, -0.25) is 4.79 Å². The molecule has 2 aromatic rings. The first-order valence-electron chi connectivity index (χ1n) is 6.00. The van der Waals surface area contributed by atoms with Gasteiger partial charge in [-0.15, -0.1) is 11.3 Å². The predicted molar refractivity (Wildman–Crippen MR) is 86.5 cm³/mol. The lowest BCUT2D eigenvalue weighted by molar-refractivity contribution is 0.0749. The Hall–Kier alpha value is -0.720. The lowest BCUT2D eigenvalue weighted by atomic mass is 10.2. The van der Waals surface area contributed by atoms with Crippen LogP contribution in [0.3, 0.4) is 0 Å². The summed E-state index contributed by atoms with van der Waals surface area (Å²) in [4.78, 5) is 15.1. The van der Waals surface area contributed by atoms with Crippen molar-refractivity contribution in [1.82, 2.24) is 4.90 Å². The molecule has 0 aliphatic rings. The van der Waals surface area contributed by atoms with E-state index in [1.807, 2.05) is 19.1 Å². The standard InChI is InChI=1S/C14H12Br2FNOS/c1-2-18(8-9-6-7-12(16)20-9)14(19)10-4-3-5-11(15)13(10)17/h3-7H,2,8H2,1H3. The fraction of sp³-hybridized carbons (Fsp3) is 0.214. The van der Waals surface area contributed by atoms with Crippen LogP contribution in [-0.2, 0) is 6.54 Å². The second kappa shape index (κ2) is 6.83. The van der Waals surface area contributed by atoms with Crippen molar-refractivity contribution < 1.29 is 9.18 Å². The molecule has 6 heteroatoms. The van der Waals surface area contributed by atoms with E-state index in [-0.39, 0.29) is 11.5 Å². The maximum atomic E-state index is 14.0. The number of halogens is 3. The predicted octanol–water partition coefficient (Wildman–Crippen LogP) is 5.07. The molecule has 2 nitrogen and oxygen atoms in total. The molecule has 0 saturated heterocycles. The summed E-state index contributed by atoms with van der Waals surface area (Å²) in [7, 11) is 0. The topological polar surface area (TPSA) is 20.3 Å². The van der Waals surface area contributed by atoms with Crippen LogP contribution in [0, 0.1) is 5.82 Å². The maximum Gasteiger partial charge on any atom is 0.257 e. The van der Waals surface area contributed by atoms with Crippen molar-refractivity contribution in [1.29, 1.82) is 0 Å². The Labute approximate surface area is 137 Å². The van der Waals surface area contributed by atoms with Crippen LogP contribution in [0.5, 0.6) is 0 Å². The Morgan fingerprint density at radius 3 is 2.65 bits per heavy atom. The van der Waals surface area contributed by atoms with Gasteiger partial charge in [0.15, 0.2) is 0 Å². The first-order chi connectivity index (χ1) is 9.52. The highest BCUT2D eigenvalue weighted by molar-refractivity contribution is 9.11. The summed E-state index contributed by atoms with van der Waals surface area (Å²) in [5.74, 6) is -0.806. The van der Waals surface area contributed by atoms with Gasteiger partial charge in [0, 0.05) is 11.4 Å². The Morgan fingerprint density at radius 2 is 2.05 bits per heavy atom. The molecule has 1 heterocycles. The molecule has 1 aromatic heterocycles. The van der Waals surface area contributed by atoms with E-state index in [4.69, 9.17) is 0 Å². The van der Waals surface area contributed by atoms with Crippen molar-refractivity contribution in [3.63, 3.8) is 0 Å². The van der Waals surface area contributed by atoms with Gasteiger partial charge in [-0.05, 0) is 63.0 Å². The third kappa shape index (κ3) is 3.48. The first-order valence-corrected chi connectivity index (χ1v) is 8.40. The zero-order valence-electron chi connectivity index (χ0n) is 10.7. The lowest BCUT2D eigenvalue weighted by Gasteiger charge is -2.20. The molecule has 106 valence electrons. The van der Waals surface area contributed by atoms with Gasteiger partial charge >= 0.3 is 0 Å². The molecule has 0 aliphatic carbocycles. The minimum Gasteiger partial charge on any atom is -0.334 e. The van der Waals surface area contributed by atoms with Gasteiger partial charge in [0.1, 0.15) is 5.82 Å². The Kier molecular flexibility index (Phi) is 5.35. The van der Waals surface area contributed by atoms with E-state index in [2.05, 4.69) is 31.9 Å². The van der Waals surface area contributed by atoms with E-state index in [1.165, 1.54) is 6.07 Å². The molecule has 0 fully saturated rings. The van der Waals surface area contributed by atoms with Gasteiger partial charge < -0.3 is 4.90 Å². The number of rotatable bonds is 4. The summed E-state index contributed by atoms with van der Waals surface area (Å²) < 4.78 is 15.3. The third-order valence-electron chi connectivity index (χ3n) is 2.83. The first kappa shape index (κ1) is 15.7. The Bertz CT molecular complexity index is 629. The highest BCUT2D eigenvalue weighted by Crippen LogP contribution is 2.25. The van der Waals surface area contributed by atoms with Crippen molar-refractivity contribution in [2.24, 2.45) is 0 Å². The number of benzene rings is 1. The fourth-order valence-electron chi connectivity index (χ4n) is 1.79. The number of carbonyl (C=O) groups is 1. The normalized spacial score (nSPS) is 10.6. The average Bonchev–Trinajstić information content (AvgIpc) is 2.84. The van der Waals surface area contributed by atoms with Crippen LogP contribution >= 0.6 is 43.2 Å². The molecule has 2 rings (SSSR count). The van der Waals surface area contributed by atoms with Crippen LogP contribution in [0.2, 0.25) is 0 Å². The number of hydrogen-bond acceptors (Lipinski definition) is 2. The second-order valence-electron chi connectivity index (χ2n) is 4.13. The molecular weight excluding hydrogens is 409 g/mol. The van der Waals surface area contributed by atoms with Crippen LogP contribution in [0.15, 0.2) is 38.6 Å². The molecule has 0 atom stereocenters. The molecule has 0 bridgehead atoms. The Balaban J connectivity index is 2.23. The van der Waals surface area contributed by atoms with Crippen molar-refractivity contribution in [2.45, 2.75) is 13.5 Å². The monoisotopic (exact) mass is 419 g/mol. The van der Waals surface area contributed by atoms with Crippen LogP contribution < -0.4 is 0 Å². The van der Waals surface area contributed by atoms with Gasteiger partial charge in [-0.1, -0.05) is 6.07 Å². The zero-order valence-corrected chi connectivity index (χ0v) is 14.7. The van der Waals surface area contributed by atoms with Crippen molar-refractivity contribution in [2.75, 3.05) is 6.54 Å². The zero-order chi connectivity index (χ0) is 14.7. The summed E-state index contributed by atoms with van der Waals surface area (Å²) in [6.45, 7) is 2.90. The van der Waals surface area contributed by atoms with Gasteiger partial charge in [-0.25, -0.2) is 4.39 Å². The molecule has 0 unspecified atom stereocenters. The summed E-state index contributed by atoms with van der Waals surface area (Å²) in [5.41, 5.74) is 0.0943.